The highest BCUT2D eigenvalue weighted by atomic mass is 35.5. The maximum Gasteiger partial charge on any atom is 0.338 e. The van der Waals surface area contributed by atoms with Crippen molar-refractivity contribution in [2.75, 3.05) is 11.9 Å². The molecule has 0 bridgehead atoms. The molecule has 2 rings (SSSR count). The molecule has 0 atom stereocenters. The highest BCUT2D eigenvalue weighted by Crippen LogP contribution is 2.32. The van der Waals surface area contributed by atoms with Crippen LogP contribution in [0.4, 0.5) is 10.5 Å². The number of ether oxygens (including phenoxy) is 1. The largest absolute Gasteiger partial charge is 0.462 e. The molecule has 3 amide bonds. The first-order valence-corrected chi connectivity index (χ1v) is 8.98. The monoisotopic (exact) mass is 448 g/mol. The van der Waals surface area contributed by atoms with Gasteiger partial charge < -0.3 is 10.1 Å². The van der Waals surface area contributed by atoms with Gasteiger partial charge >= 0.3 is 12.0 Å². The third kappa shape index (κ3) is 5.26. The van der Waals surface area contributed by atoms with Gasteiger partial charge in [0.15, 0.2) is 0 Å². The average Bonchev–Trinajstić information content (AvgIpc) is 2.58. The number of halogens is 4. The van der Waals surface area contributed by atoms with E-state index in [-0.39, 0.29) is 43.5 Å². The number of anilines is 1. The van der Waals surface area contributed by atoms with Gasteiger partial charge in [0.25, 0.3) is 5.91 Å². The van der Waals surface area contributed by atoms with Gasteiger partial charge in [-0.3, -0.25) is 10.1 Å². The Hall–Kier alpha value is -1.99. The molecule has 0 fully saturated rings. The zero-order valence-corrected chi connectivity index (χ0v) is 16.8. The molecule has 0 aliphatic rings. The first-order chi connectivity index (χ1) is 12.7. The molecule has 2 aromatic carbocycles. The van der Waals surface area contributed by atoms with Crippen molar-refractivity contribution in [1.82, 2.24) is 5.32 Å². The summed E-state index contributed by atoms with van der Waals surface area (Å²) in [6, 6.07) is 6.14. The first-order valence-electron chi connectivity index (χ1n) is 7.47. The van der Waals surface area contributed by atoms with Gasteiger partial charge in [-0.05, 0) is 31.2 Å². The van der Waals surface area contributed by atoms with Crippen LogP contribution in [0.3, 0.4) is 0 Å². The highest BCUT2D eigenvalue weighted by Gasteiger charge is 2.19. The van der Waals surface area contributed by atoms with Crippen LogP contribution in [0.15, 0.2) is 30.3 Å². The molecule has 0 saturated carbocycles. The number of rotatable bonds is 4. The zero-order valence-electron chi connectivity index (χ0n) is 13.7. The van der Waals surface area contributed by atoms with E-state index in [1.807, 2.05) is 0 Å². The number of imide groups is 1. The van der Waals surface area contributed by atoms with Crippen molar-refractivity contribution in [3.8, 4) is 0 Å². The van der Waals surface area contributed by atoms with Gasteiger partial charge in [-0.2, -0.15) is 0 Å². The van der Waals surface area contributed by atoms with Crippen LogP contribution in [0.2, 0.25) is 20.1 Å². The number of carbonyl (C=O) groups is 3. The van der Waals surface area contributed by atoms with E-state index in [4.69, 9.17) is 51.1 Å². The number of benzene rings is 2. The summed E-state index contributed by atoms with van der Waals surface area (Å²) in [5.41, 5.74) is 0.0875. The Morgan fingerprint density at radius 1 is 0.963 bits per heavy atom. The molecule has 0 heterocycles. The minimum atomic E-state index is -0.913. The van der Waals surface area contributed by atoms with Crippen molar-refractivity contribution in [1.29, 1.82) is 0 Å². The number of hydrogen-bond acceptors (Lipinski definition) is 4. The summed E-state index contributed by atoms with van der Waals surface area (Å²) in [7, 11) is 0. The van der Waals surface area contributed by atoms with Crippen LogP contribution in [0, 0.1) is 0 Å². The Morgan fingerprint density at radius 2 is 1.52 bits per heavy atom. The van der Waals surface area contributed by atoms with E-state index in [9.17, 15) is 14.4 Å². The molecule has 0 spiro atoms. The van der Waals surface area contributed by atoms with E-state index in [2.05, 4.69) is 10.6 Å². The molecule has 0 unspecified atom stereocenters. The van der Waals surface area contributed by atoms with E-state index in [1.54, 1.807) is 13.0 Å². The molecule has 27 heavy (non-hydrogen) atoms. The van der Waals surface area contributed by atoms with Gasteiger partial charge in [-0.25, -0.2) is 9.59 Å². The Bertz CT molecular complexity index is 875. The first kappa shape index (κ1) is 21.3. The lowest BCUT2D eigenvalue weighted by Crippen LogP contribution is -2.34. The second-order valence-electron chi connectivity index (χ2n) is 5.04. The fourth-order valence-electron chi connectivity index (χ4n) is 2.05. The van der Waals surface area contributed by atoms with Crippen molar-refractivity contribution in [3.63, 3.8) is 0 Å². The molecule has 6 nitrogen and oxygen atoms in total. The van der Waals surface area contributed by atoms with Crippen molar-refractivity contribution in [2.24, 2.45) is 0 Å². The maximum atomic E-state index is 12.2. The molecule has 0 saturated heterocycles. The second kappa shape index (κ2) is 9.28. The lowest BCUT2D eigenvalue weighted by atomic mass is 10.2. The number of urea groups is 1. The van der Waals surface area contributed by atoms with Crippen LogP contribution in [0.5, 0.6) is 0 Å². The lowest BCUT2D eigenvalue weighted by Gasteiger charge is -2.12. The van der Waals surface area contributed by atoms with E-state index in [0.717, 1.165) is 0 Å². The van der Waals surface area contributed by atoms with Crippen molar-refractivity contribution in [3.05, 3.63) is 61.5 Å². The molecule has 2 aromatic rings. The SMILES string of the molecule is CCOC(=O)c1cc(Cl)c(NC(=O)NC(=O)c2c(Cl)cccc2Cl)c(Cl)c1. The number of hydrogen-bond donors (Lipinski definition) is 2. The topological polar surface area (TPSA) is 84.5 Å². The quantitative estimate of drug-likeness (QED) is 0.608. The van der Waals surface area contributed by atoms with Gasteiger partial charge in [-0.1, -0.05) is 52.5 Å². The fourth-order valence-corrected chi connectivity index (χ4v) is 3.20. The normalized spacial score (nSPS) is 10.3. The summed E-state index contributed by atoms with van der Waals surface area (Å²) in [4.78, 5) is 36.1. The van der Waals surface area contributed by atoms with Gasteiger partial charge in [0.05, 0.1) is 43.5 Å². The van der Waals surface area contributed by atoms with Crippen LogP contribution in [-0.2, 0) is 4.74 Å². The molecule has 2 N–H and O–H groups in total. The summed E-state index contributed by atoms with van der Waals surface area (Å²) >= 11 is 24.0. The summed E-state index contributed by atoms with van der Waals surface area (Å²) in [5.74, 6) is -1.42. The summed E-state index contributed by atoms with van der Waals surface area (Å²) in [6.07, 6.45) is 0. The van der Waals surface area contributed by atoms with Crippen LogP contribution in [0.25, 0.3) is 0 Å². The van der Waals surface area contributed by atoms with Crippen LogP contribution < -0.4 is 10.6 Å². The molecular weight excluding hydrogens is 438 g/mol. The van der Waals surface area contributed by atoms with Crippen LogP contribution in [-0.4, -0.2) is 24.5 Å². The number of esters is 1. The molecule has 0 aliphatic heterocycles. The molecule has 142 valence electrons. The lowest BCUT2D eigenvalue weighted by molar-refractivity contribution is 0.0526. The molecule has 0 aliphatic carbocycles. The van der Waals surface area contributed by atoms with Crippen molar-refractivity contribution < 1.29 is 19.1 Å². The maximum absolute atomic E-state index is 12.2. The predicted molar refractivity (Wildman–Crippen MR) is 105 cm³/mol. The smallest absolute Gasteiger partial charge is 0.338 e. The highest BCUT2D eigenvalue weighted by molar-refractivity contribution is 6.41. The fraction of sp³-hybridized carbons (Fsp3) is 0.118. The van der Waals surface area contributed by atoms with Crippen LogP contribution in [0.1, 0.15) is 27.6 Å². The Balaban J connectivity index is 2.16. The van der Waals surface area contributed by atoms with E-state index in [1.165, 1.54) is 24.3 Å². The van der Waals surface area contributed by atoms with Gasteiger partial charge in [0.1, 0.15) is 0 Å². The standard InChI is InChI=1S/C17H12Cl4N2O4/c1-2-27-16(25)8-6-11(20)14(12(21)7-8)22-17(26)23-15(24)13-9(18)4-3-5-10(13)19/h3-7H,2H2,1H3,(H2,22,23,24,26). The van der Waals surface area contributed by atoms with E-state index < -0.39 is 17.9 Å². The van der Waals surface area contributed by atoms with E-state index >= 15 is 0 Å². The minimum Gasteiger partial charge on any atom is -0.462 e. The summed E-state index contributed by atoms with van der Waals surface area (Å²) in [5, 5.41) is 4.57. The predicted octanol–water partition coefficient (Wildman–Crippen LogP) is 5.44. The van der Waals surface area contributed by atoms with Crippen LogP contribution >= 0.6 is 46.4 Å². The number of nitrogens with one attached hydrogen (secondary N) is 2. The second-order valence-corrected chi connectivity index (χ2v) is 6.67. The number of carbonyl (C=O) groups excluding carboxylic acids is 3. The van der Waals surface area contributed by atoms with Gasteiger partial charge in [0.2, 0.25) is 0 Å². The summed E-state index contributed by atoms with van der Waals surface area (Å²) in [6.45, 7) is 1.84. The number of amides is 3. The zero-order chi connectivity index (χ0) is 20.1. The Kier molecular flexibility index (Phi) is 7.33. The minimum absolute atomic E-state index is 0.0103. The third-order valence-corrected chi connectivity index (χ3v) is 4.43. The van der Waals surface area contributed by atoms with Crippen molar-refractivity contribution in [2.45, 2.75) is 6.92 Å². The summed E-state index contributed by atoms with van der Waals surface area (Å²) < 4.78 is 4.86. The van der Waals surface area contributed by atoms with Gasteiger partial charge in [-0.15, -0.1) is 0 Å². The Labute approximate surface area is 174 Å². The Morgan fingerprint density at radius 3 is 2.04 bits per heavy atom. The van der Waals surface area contributed by atoms with Gasteiger partial charge in [0, 0.05) is 0 Å². The third-order valence-electron chi connectivity index (χ3n) is 3.21. The molecule has 10 heteroatoms. The molecule has 0 radical (unpaired) electrons. The van der Waals surface area contributed by atoms with E-state index in [0.29, 0.717) is 0 Å². The molecular formula is C17H12Cl4N2O4. The van der Waals surface area contributed by atoms with Crippen molar-refractivity contribution >= 4 is 70.0 Å². The average molecular weight is 450 g/mol. The molecule has 0 aromatic heterocycles.